The van der Waals surface area contributed by atoms with Gasteiger partial charge in [-0.2, -0.15) is 0 Å². The van der Waals surface area contributed by atoms with E-state index in [9.17, 15) is 0 Å². The molecule has 156 valence electrons. The van der Waals surface area contributed by atoms with Crippen molar-refractivity contribution in [2.45, 2.75) is 66.0 Å². The highest BCUT2D eigenvalue weighted by molar-refractivity contribution is 14.0. The molecule has 0 aliphatic carbocycles. The van der Waals surface area contributed by atoms with Crippen LogP contribution >= 0.6 is 24.0 Å². The number of aromatic nitrogens is 1. The third kappa shape index (κ3) is 7.60. The molecule has 2 N–H and O–H groups in total. The molecule has 1 saturated heterocycles. The Bertz CT molecular complexity index is 564. The van der Waals surface area contributed by atoms with Gasteiger partial charge < -0.3 is 15.2 Å². The lowest BCUT2D eigenvalue weighted by molar-refractivity contribution is 0.110. The van der Waals surface area contributed by atoms with Gasteiger partial charge in [0.2, 0.25) is 0 Å². The number of piperidine rings is 1. The average Bonchev–Trinajstić information content (AvgIpc) is 3.08. The monoisotopic (exact) mass is 491 g/mol. The molecule has 1 aromatic heterocycles. The van der Waals surface area contributed by atoms with Crippen molar-refractivity contribution < 1.29 is 4.52 Å². The zero-order chi connectivity index (χ0) is 19.1. The van der Waals surface area contributed by atoms with Crippen LogP contribution in [-0.4, -0.2) is 48.7 Å². The van der Waals surface area contributed by atoms with E-state index in [2.05, 4.69) is 60.3 Å². The highest BCUT2D eigenvalue weighted by Gasteiger charge is 2.25. The molecule has 0 spiro atoms. The normalized spacial score (nSPS) is 17.9. The van der Waals surface area contributed by atoms with Crippen molar-refractivity contribution in [2.24, 2.45) is 16.8 Å². The van der Waals surface area contributed by atoms with E-state index in [0.717, 1.165) is 29.9 Å². The molecule has 0 saturated carbocycles. The Morgan fingerprint density at radius 3 is 2.44 bits per heavy atom. The van der Waals surface area contributed by atoms with Crippen LogP contribution in [0.1, 0.15) is 64.8 Å². The van der Waals surface area contributed by atoms with Crippen LogP contribution in [-0.2, 0) is 6.54 Å². The van der Waals surface area contributed by atoms with Crippen LogP contribution in [0.15, 0.2) is 15.6 Å². The van der Waals surface area contributed by atoms with E-state index in [-0.39, 0.29) is 24.0 Å². The molecule has 1 aliphatic rings. The van der Waals surface area contributed by atoms with Crippen LogP contribution in [0, 0.1) is 11.8 Å². The summed E-state index contributed by atoms with van der Waals surface area (Å²) >= 11 is 0. The summed E-state index contributed by atoms with van der Waals surface area (Å²) < 4.78 is 5.39. The Kier molecular flexibility index (Phi) is 10.7. The van der Waals surface area contributed by atoms with Crippen molar-refractivity contribution in [3.8, 4) is 0 Å². The molecule has 0 aromatic carbocycles. The fraction of sp³-hybridized carbons (Fsp3) is 0.800. The first-order chi connectivity index (χ1) is 12.4. The maximum Gasteiger partial charge on any atom is 0.191 e. The second-order valence-electron chi connectivity index (χ2n) is 8.21. The van der Waals surface area contributed by atoms with E-state index in [0.29, 0.717) is 24.4 Å². The van der Waals surface area contributed by atoms with Crippen molar-refractivity contribution in [1.29, 1.82) is 0 Å². The third-order valence-electron chi connectivity index (χ3n) is 5.36. The summed E-state index contributed by atoms with van der Waals surface area (Å²) in [5.74, 6) is 3.49. The minimum Gasteiger partial charge on any atom is -0.359 e. The third-order valence-corrected chi connectivity index (χ3v) is 5.36. The van der Waals surface area contributed by atoms with Crippen LogP contribution in [0.25, 0.3) is 0 Å². The van der Waals surface area contributed by atoms with Crippen LogP contribution in [0.5, 0.6) is 0 Å². The van der Waals surface area contributed by atoms with Gasteiger partial charge in [-0.3, -0.25) is 9.89 Å². The van der Waals surface area contributed by atoms with Crippen molar-refractivity contribution in [1.82, 2.24) is 20.7 Å². The number of likely N-dealkylation sites (tertiary alicyclic amines) is 1. The topological polar surface area (TPSA) is 65.7 Å². The molecule has 7 heteroatoms. The molecule has 1 unspecified atom stereocenters. The molecular weight excluding hydrogens is 453 g/mol. The minimum absolute atomic E-state index is 0. The van der Waals surface area contributed by atoms with Gasteiger partial charge in [0.15, 0.2) is 11.7 Å². The quantitative estimate of drug-likeness (QED) is 0.345. The first-order valence-corrected chi connectivity index (χ1v) is 10.0. The van der Waals surface area contributed by atoms with E-state index in [4.69, 9.17) is 4.52 Å². The molecular formula is C20H38IN5O. The summed E-state index contributed by atoms with van der Waals surface area (Å²) in [5.41, 5.74) is 0.990. The first-order valence-electron chi connectivity index (χ1n) is 10.0. The van der Waals surface area contributed by atoms with Gasteiger partial charge in [0.25, 0.3) is 0 Å². The Morgan fingerprint density at radius 1 is 1.26 bits per heavy atom. The van der Waals surface area contributed by atoms with Crippen LogP contribution < -0.4 is 10.6 Å². The number of nitrogens with zero attached hydrogens (tertiary/aromatic N) is 3. The van der Waals surface area contributed by atoms with Gasteiger partial charge in [0, 0.05) is 25.7 Å². The standard InChI is InChI=1S/C20H37N5O.HI/c1-14(2)18-11-17(26-24-18)12-22-20(21-6)23-13-19(15(3)4)25-9-7-16(5)8-10-25;/h11,14-16,19H,7-10,12-13H2,1-6H3,(H2,21,22,23);1H. The SMILES string of the molecule is CN=C(NCc1cc(C(C)C)no1)NCC(C(C)C)N1CCC(C)CC1.I. The predicted molar refractivity (Wildman–Crippen MR) is 123 cm³/mol. The number of hydrogen-bond acceptors (Lipinski definition) is 4. The Balaban J connectivity index is 0.00000364. The van der Waals surface area contributed by atoms with Gasteiger partial charge in [0.1, 0.15) is 0 Å². The lowest BCUT2D eigenvalue weighted by atomic mass is 9.94. The fourth-order valence-corrected chi connectivity index (χ4v) is 3.42. The smallest absolute Gasteiger partial charge is 0.191 e. The highest BCUT2D eigenvalue weighted by Crippen LogP contribution is 2.21. The molecule has 0 radical (unpaired) electrons. The molecule has 1 aliphatic heterocycles. The predicted octanol–water partition coefficient (Wildman–Crippen LogP) is 3.84. The molecule has 0 amide bonds. The lowest BCUT2D eigenvalue weighted by Crippen LogP contribution is -2.51. The minimum atomic E-state index is 0. The molecule has 1 fully saturated rings. The van der Waals surface area contributed by atoms with E-state index >= 15 is 0 Å². The van der Waals surface area contributed by atoms with Gasteiger partial charge in [-0.05, 0) is 43.7 Å². The van der Waals surface area contributed by atoms with E-state index in [1.807, 2.05) is 13.1 Å². The molecule has 2 heterocycles. The van der Waals surface area contributed by atoms with Gasteiger partial charge in [-0.15, -0.1) is 24.0 Å². The molecule has 1 atom stereocenters. The first kappa shape index (κ1) is 24.2. The molecule has 2 rings (SSSR count). The molecule has 6 nitrogen and oxygen atoms in total. The largest absolute Gasteiger partial charge is 0.359 e. The summed E-state index contributed by atoms with van der Waals surface area (Å²) in [4.78, 5) is 6.98. The summed E-state index contributed by atoms with van der Waals surface area (Å²) in [7, 11) is 1.81. The van der Waals surface area contributed by atoms with Crippen molar-refractivity contribution in [2.75, 3.05) is 26.7 Å². The second kappa shape index (κ2) is 11.9. The maximum absolute atomic E-state index is 5.39. The number of hydrogen-bond donors (Lipinski definition) is 2. The van der Waals surface area contributed by atoms with E-state index < -0.39 is 0 Å². The zero-order valence-corrected chi connectivity index (χ0v) is 20.1. The average molecular weight is 491 g/mol. The van der Waals surface area contributed by atoms with Crippen LogP contribution in [0.3, 0.4) is 0 Å². The van der Waals surface area contributed by atoms with Crippen LogP contribution in [0.2, 0.25) is 0 Å². The van der Waals surface area contributed by atoms with Gasteiger partial charge in [0.05, 0.1) is 12.2 Å². The van der Waals surface area contributed by atoms with Gasteiger partial charge in [-0.1, -0.05) is 39.8 Å². The lowest BCUT2D eigenvalue weighted by Gasteiger charge is -2.39. The molecule has 1 aromatic rings. The maximum atomic E-state index is 5.39. The fourth-order valence-electron chi connectivity index (χ4n) is 3.42. The number of aliphatic imine (C=N–C) groups is 1. The number of guanidine groups is 1. The summed E-state index contributed by atoms with van der Waals surface area (Å²) in [5, 5.41) is 10.9. The van der Waals surface area contributed by atoms with Gasteiger partial charge >= 0.3 is 0 Å². The number of nitrogens with one attached hydrogen (secondary N) is 2. The van der Waals surface area contributed by atoms with Crippen LogP contribution in [0.4, 0.5) is 0 Å². The summed E-state index contributed by atoms with van der Waals surface area (Å²) in [6, 6.07) is 2.54. The van der Waals surface area contributed by atoms with Gasteiger partial charge in [-0.25, -0.2) is 0 Å². The Morgan fingerprint density at radius 2 is 1.93 bits per heavy atom. The van der Waals surface area contributed by atoms with E-state index in [1.54, 1.807) is 0 Å². The van der Waals surface area contributed by atoms with Crippen molar-refractivity contribution >= 4 is 29.9 Å². The Hall–Kier alpha value is -0.830. The number of halogens is 1. The zero-order valence-electron chi connectivity index (χ0n) is 17.8. The van der Waals surface area contributed by atoms with E-state index in [1.165, 1.54) is 25.9 Å². The number of rotatable bonds is 7. The molecule has 0 bridgehead atoms. The molecule has 27 heavy (non-hydrogen) atoms. The van der Waals surface area contributed by atoms with Crippen molar-refractivity contribution in [3.63, 3.8) is 0 Å². The highest BCUT2D eigenvalue weighted by atomic mass is 127. The second-order valence-corrected chi connectivity index (χ2v) is 8.21. The summed E-state index contributed by atoms with van der Waals surface area (Å²) in [6.45, 7) is 15.1. The van der Waals surface area contributed by atoms with Crippen molar-refractivity contribution in [3.05, 3.63) is 17.5 Å². The summed E-state index contributed by atoms with van der Waals surface area (Å²) in [6.07, 6.45) is 2.61. The Labute approximate surface area is 181 Å².